The van der Waals surface area contributed by atoms with Gasteiger partial charge in [-0.15, -0.1) is 0 Å². The van der Waals surface area contributed by atoms with Crippen LogP contribution in [-0.4, -0.2) is 23.8 Å². The lowest BCUT2D eigenvalue weighted by Gasteiger charge is -2.14. The normalized spacial score (nSPS) is 25.5. The van der Waals surface area contributed by atoms with Gasteiger partial charge in [0.25, 0.3) is 0 Å². The van der Waals surface area contributed by atoms with E-state index < -0.39 is 0 Å². The number of nitrogens with one attached hydrogen (secondary N) is 1. The summed E-state index contributed by atoms with van der Waals surface area (Å²) in [6.07, 6.45) is 10.4. The maximum absolute atomic E-state index is 9.72. The third kappa shape index (κ3) is 3.58. The van der Waals surface area contributed by atoms with Gasteiger partial charge in [-0.2, -0.15) is 0 Å². The summed E-state index contributed by atoms with van der Waals surface area (Å²) in [5.41, 5.74) is 0. The second-order valence-corrected chi connectivity index (χ2v) is 5.06. The van der Waals surface area contributed by atoms with Gasteiger partial charge in [0.05, 0.1) is 6.10 Å². The number of hydrogen-bond donors (Lipinski definition) is 2. The van der Waals surface area contributed by atoms with Gasteiger partial charge in [-0.25, -0.2) is 0 Å². The maximum atomic E-state index is 9.72. The van der Waals surface area contributed by atoms with Crippen LogP contribution < -0.4 is 5.32 Å². The molecule has 1 unspecified atom stereocenters. The minimum Gasteiger partial charge on any atom is -0.392 e. The molecule has 82 valence electrons. The van der Waals surface area contributed by atoms with Crippen LogP contribution in [0.25, 0.3) is 0 Å². The second-order valence-electron chi connectivity index (χ2n) is 5.06. The highest BCUT2D eigenvalue weighted by atomic mass is 16.3. The molecule has 2 rings (SSSR count). The van der Waals surface area contributed by atoms with E-state index in [1.54, 1.807) is 0 Å². The second kappa shape index (κ2) is 5.13. The fourth-order valence-corrected chi connectivity index (χ4v) is 2.42. The van der Waals surface area contributed by atoms with Gasteiger partial charge in [0, 0.05) is 12.6 Å². The predicted octanol–water partition coefficient (Wildman–Crippen LogP) is 2.07. The van der Waals surface area contributed by atoms with Crippen LogP contribution in [0, 0.1) is 5.92 Å². The van der Waals surface area contributed by atoms with Crippen molar-refractivity contribution < 1.29 is 5.11 Å². The van der Waals surface area contributed by atoms with Crippen LogP contribution in [0.1, 0.15) is 51.4 Å². The molecule has 2 aliphatic rings. The zero-order valence-corrected chi connectivity index (χ0v) is 9.04. The Hall–Kier alpha value is -0.0800. The first kappa shape index (κ1) is 10.4. The Morgan fingerprint density at radius 1 is 1.14 bits per heavy atom. The van der Waals surface area contributed by atoms with Crippen molar-refractivity contribution >= 4 is 0 Å². The first-order chi connectivity index (χ1) is 6.84. The van der Waals surface area contributed by atoms with Crippen molar-refractivity contribution in [2.24, 2.45) is 5.92 Å². The fourth-order valence-electron chi connectivity index (χ4n) is 2.42. The minimum atomic E-state index is -0.101. The van der Waals surface area contributed by atoms with Gasteiger partial charge in [-0.3, -0.25) is 0 Å². The molecule has 2 N–H and O–H groups in total. The molecule has 2 nitrogen and oxygen atoms in total. The van der Waals surface area contributed by atoms with Crippen molar-refractivity contribution in [3.05, 3.63) is 0 Å². The molecule has 0 aromatic heterocycles. The minimum absolute atomic E-state index is 0.101. The van der Waals surface area contributed by atoms with E-state index in [4.69, 9.17) is 0 Å². The zero-order chi connectivity index (χ0) is 9.80. The van der Waals surface area contributed by atoms with Crippen molar-refractivity contribution in [1.82, 2.24) is 5.32 Å². The van der Waals surface area contributed by atoms with Crippen LogP contribution in [0.5, 0.6) is 0 Å². The summed E-state index contributed by atoms with van der Waals surface area (Å²) in [5.74, 6) is 0.922. The summed E-state index contributed by atoms with van der Waals surface area (Å²) in [7, 11) is 0. The molecule has 2 saturated carbocycles. The highest BCUT2D eigenvalue weighted by Crippen LogP contribution is 2.29. The van der Waals surface area contributed by atoms with Crippen molar-refractivity contribution in [3.8, 4) is 0 Å². The molecule has 0 saturated heterocycles. The summed E-state index contributed by atoms with van der Waals surface area (Å²) < 4.78 is 0. The number of aliphatic hydroxyl groups excluding tert-OH is 1. The van der Waals surface area contributed by atoms with Gasteiger partial charge in [0.2, 0.25) is 0 Å². The van der Waals surface area contributed by atoms with Gasteiger partial charge in [-0.1, -0.05) is 25.7 Å². The molecule has 0 spiro atoms. The van der Waals surface area contributed by atoms with Crippen molar-refractivity contribution in [2.45, 2.75) is 63.5 Å². The molecule has 0 aliphatic heterocycles. The van der Waals surface area contributed by atoms with E-state index in [9.17, 15) is 5.11 Å². The van der Waals surface area contributed by atoms with Gasteiger partial charge in [0.1, 0.15) is 0 Å². The Morgan fingerprint density at radius 3 is 2.50 bits per heavy atom. The van der Waals surface area contributed by atoms with E-state index >= 15 is 0 Å². The number of rotatable bonds is 6. The van der Waals surface area contributed by atoms with E-state index in [1.807, 2.05) is 0 Å². The maximum Gasteiger partial charge on any atom is 0.0664 e. The Balaban J connectivity index is 1.50. The van der Waals surface area contributed by atoms with Gasteiger partial charge in [-0.05, 0) is 31.6 Å². The third-order valence-electron chi connectivity index (χ3n) is 3.60. The largest absolute Gasteiger partial charge is 0.392 e. The monoisotopic (exact) mass is 197 g/mol. The molecule has 0 aromatic carbocycles. The average Bonchev–Trinajstić information content (AvgIpc) is 2.87. The average molecular weight is 197 g/mol. The van der Waals surface area contributed by atoms with Crippen LogP contribution >= 0.6 is 0 Å². The highest BCUT2D eigenvalue weighted by molar-refractivity contribution is 4.82. The Morgan fingerprint density at radius 2 is 1.86 bits per heavy atom. The topological polar surface area (TPSA) is 32.3 Å². The molecular formula is C12H23NO. The fraction of sp³-hybridized carbons (Fsp3) is 1.00. The summed E-state index contributed by atoms with van der Waals surface area (Å²) in [5, 5.41) is 13.1. The molecule has 1 atom stereocenters. The first-order valence-electron chi connectivity index (χ1n) is 6.26. The van der Waals surface area contributed by atoms with Crippen molar-refractivity contribution in [2.75, 3.05) is 6.54 Å². The van der Waals surface area contributed by atoms with Crippen molar-refractivity contribution in [3.63, 3.8) is 0 Å². The smallest absolute Gasteiger partial charge is 0.0664 e. The van der Waals surface area contributed by atoms with Crippen LogP contribution in [0.3, 0.4) is 0 Å². The molecule has 2 aliphatic carbocycles. The van der Waals surface area contributed by atoms with Gasteiger partial charge >= 0.3 is 0 Å². The van der Waals surface area contributed by atoms with Crippen molar-refractivity contribution in [1.29, 1.82) is 0 Å². The number of hydrogen-bond acceptors (Lipinski definition) is 2. The van der Waals surface area contributed by atoms with Crippen LogP contribution in [-0.2, 0) is 0 Å². The molecule has 0 bridgehead atoms. The van der Waals surface area contributed by atoms with Crippen LogP contribution in [0.15, 0.2) is 0 Å². The summed E-state index contributed by atoms with van der Waals surface area (Å²) in [4.78, 5) is 0. The van der Waals surface area contributed by atoms with E-state index in [0.717, 1.165) is 24.9 Å². The molecule has 0 heterocycles. The molecule has 0 radical (unpaired) electrons. The van der Waals surface area contributed by atoms with E-state index in [1.165, 1.54) is 44.9 Å². The van der Waals surface area contributed by atoms with E-state index in [2.05, 4.69) is 5.32 Å². The lowest BCUT2D eigenvalue weighted by molar-refractivity contribution is 0.151. The zero-order valence-electron chi connectivity index (χ0n) is 9.04. The van der Waals surface area contributed by atoms with E-state index in [0.29, 0.717) is 0 Å². The lowest BCUT2D eigenvalue weighted by atomic mass is 9.99. The third-order valence-corrected chi connectivity index (χ3v) is 3.60. The molecule has 2 heteroatoms. The van der Waals surface area contributed by atoms with Gasteiger partial charge in [0.15, 0.2) is 0 Å². The van der Waals surface area contributed by atoms with E-state index in [-0.39, 0.29) is 6.10 Å². The molecule has 14 heavy (non-hydrogen) atoms. The Bertz CT molecular complexity index is 162. The van der Waals surface area contributed by atoms with Gasteiger partial charge < -0.3 is 10.4 Å². The highest BCUT2D eigenvalue weighted by Gasteiger charge is 2.22. The number of aliphatic hydroxyl groups is 1. The van der Waals surface area contributed by atoms with Crippen LogP contribution in [0.4, 0.5) is 0 Å². The standard InChI is InChI=1S/C12H23NO/c14-12(9-13-11-6-7-11)8-5-10-3-1-2-4-10/h10-14H,1-9H2. The predicted molar refractivity (Wildman–Crippen MR) is 58.2 cm³/mol. The first-order valence-corrected chi connectivity index (χ1v) is 6.26. The molecule has 0 amide bonds. The SMILES string of the molecule is OC(CCC1CCCC1)CNC1CC1. The molecule has 0 aromatic rings. The summed E-state index contributed by atoms with van der Waals surface area (Å²) >= 11 is 0. The summed E-state index contributed by atoms with van der Waals surface area (Å²) in [6, 6.07) is 0.733. The lowest BCUT2D eigenvalue weighted by Crippen LogP contribution is -2.28. The quantitative estimate of drug-likeness (QED) is 0.683. The molecular weight excluding hydrogens is 174 g/mol. The Kier molecular flexibility index (Phi) is 3.82. The Labute approximate surface area is 87.1 Å². The molecule has 2 fully saturated rings. The van der Waals surface area contributed by atoms with Crippen LogP contribution in [0.2, 0.25) is 0 Å². The summed E-state index contributed by atoms with van der Waals surface area (Å²) in [6.45, 7) is 0.817.